The molecular formula is C19H39IN4. The van der Waals surface area contributed by atoms with Gasteiger partial charge in [0.05, 0.1) is 0 Å². The Bertz CT molecular complexity index is 384. The zero-order valence-corrected chi connectivity index (χ0v) is 18.6. The highest BCUT2D eigenvalue weighted by atomic mass is 127. The Labute approximate surface area is 166 Å². The van der Waals surface area contributed by atoms with E-state index in [0.29, 0.717) is 5.41 Å². The number of piperidine rings is 1. The zero-order valence-electron chi connectivity index (χ0n) is 16.3. The summed E-state index contributed by atoms with van der Waals surface area (Å²) in [6.07, 6.45) is 7.93. The molecule has 0 saturated carbocycles. The molecule has 0 aromatic carbocycles. The maximum atomic E-state index is 4.88. The predicted molar refractivity (Wildman–Crippen MR) is 115 cm³/mol. The first kappa shape index (κ1) is 22.0. The monoisotopic (exact) mass is 450 g/mol. The van der Waals surface area contributed by atoms with Crippen LogP contribution >= 0.6 is 24.0 Å². The molecule has 1 unspecified atom stereocenters. The molecular weight excluding hydrogens is 411 g/mol. The van der Waals surface area contributed by atoms with Crippen molar-refractivity contribution in [3.8, 4) is 0 Å². The van der Waals surface area contributed by atoms with Crippen LogP contribution in [-0.2, 0) is 0 Å². The standard InChI is InChI=1S/C19H38N4.HI/c1-5-20-18(23-15-11-19(3,4)16-23)21-12-7-9-14-22-13-8-6-10-17(22)2;/h17H,5-16H2,1-4H3,(H,20,21);1H. The van der Waals surface area contributed by atoms with Gasteiger partial charge in [0, 0.05) is 32.2 Å². The number of nitrogens with zero attached hydrogens (tertiary/aromatic N) is 3. The second kappa shape index (κ2) is 10.8. The highest BCUT2D eigenvalue weighted by Crippen LogP contribution is 2.28. The summed E-state index contributed by atoms with van der Waals surface area (Å²) < 4.78 is 0. The number of hydrogen-bond donors (Lipinski definition) is 1. The Morgan fingerprint density at radius 1 is 1.21 bits per heavy atom. The number of hydrogen-bond acceptors (Lipinski definition) is 2. The molecule has 0 amide bonds. The van der Waals surface area contributed by atoms with E-state index in [-0.39, 0.29) is 24.0 Å². The number of aliphatic imine (C=N–C) groups is 1. The molecule has 2 rings (SSSR count). The van der Waals surface area contributed by atoms with Crippen molar-refractivity contribution in [1.82, 2.24) is 15.1 Å². The van der Waals surface area contributed by atoms with E-state index in [0.717, 1.165) is 38.2 Å². The fourth-order valence-corrected chi connectivity index (χ4v) is 3.82. The fourth-order valence-electron chi connectivity index (χ4n) is 3.82. The van der Waals surface area contributed by atoms with Crippen molar-refractivity contribution in [1.29, 1.82) is 0 Å². The smallest absolute Gasteiger partial charge is 0.193 e. The lowest BCUT2D eigenvalue weighted by Gasteiger charge is -2.33. The van der Waals surface area contributed by atoms with Crippen LogP contribution in [-0.4, -0.2) is 61.1 Å². The highest BCUT2D eigenvalue weighted by Gasteiger charge is 2.30. The quantitative estimate of drug-likeness (QED) is 0.288. The van der Waals surface area contributed by atoms with Gasteiger partial charge in [-0.3, -0.25) is 4.99 Å². The maximum Gasteiger partial charge on any atom is 0.193 e. The molecule has 4 nitrogen and oxygen atoms in total. The minimum Gasteiger partial charge on any atom is -0.357 e. The van der Waals surface area contributed by atoms with Gasteiger partial charge in [-0.15, -0.1) is 24.0 Å². The third-order valence-corrected chi connectivity index (χ3v) is 5.37. The Balaban J connectivity index is 0.00000288. The minimum atomic E-state index is 0. The van der Waals surface area contributed by atoms with Crippen molar-refractivity contribution in [2.24, 2.45) is 10.4 Å². The number of guanidine groups is 1. The van der Waals surface area contributed by atoms with Gasteiger partial charge in [-0.25, -0.2) is 0 Å². The number of likely N-dealkylation sites (tertiary alicyclic amines) is 2. The van der Waals surface area contributed by atoms with Crippen molar-refractivity contribution >= 4 is 29.9 Å². The lowest BCUT2D eigenvalue weighted by Crippen LogP contribution is -2.41. The van der Waals surface area contributed by atoms with Crippen LogP contribution in [0.4, 0.5) is 0 Å². The van der Waals surface area contributed by atoms with Gasteiger partial charge in [0.25, 0.3) is 0 Å². The summed E-state index contributed by atoms with van der Waals surface area (Å²) in [7, 11) is 0. The molecule has 1 atom stereocenters. The van der Waals surface area contributed by atoms with Gasteiger partial charge in [-0.05, 0) is 64.5 Å². The van der Waals surface area contributed by atoms with Gasteiger partial charge >= 0.3 is 0 Å². The molecule has 0 radical (unpaired) electrons. The van der Waals surface area contributed by atoms with Crippen molar-refractivity contribution in [2.45, 2.75) is 72.3 Å². The molecule has 0 spiro atoms. The predicted octanol–water partition coefficient (Wildman–Crippen LogP) is 3.96. The van der Waals surface area contributed by atoms with Crippen molar-refractivity contribution in [2.75, 3.05) is 39.3 Å². The van der Waals surface area contributed by atoms with Crippen LogP contribution in [0, 0.1) is 5.41 Å². The van der Waals surface area contributed by atoms with Gasteiger partial charge in [0.15, 0.2) is 5.96 Å². The van der Waals surface area contributed by atoms with Crippen LogP contribution in [0.1, 0.15) is 66.2 Å². The third-order valence-electron chi connectivity index (χ3n) is 5.37. The van der Waals surface area contributed by atoms with Gasteiger partial charge in [-0.2, -0.15) is 0 Å². The van der Waals surface area contributed by atoms with Crippen LogP contribution in [0.5, 0.6) is 0 Å². The molecule has 2 saturated heterocycles. The average Bonchev–Trinajstić information content (AvgIpc) is 2.87. The number of rotatable bonds is 6. The van der Waals surface area contributed by atoms with Crippen LogP contribution in [0.25, 0.3) is 0 Å². The first-order chi connectivity index (χ1) is 11.0. The second-order valence-electron chi connectivity index (χ2n) is 8.16. The van der Waals surface area contributed by atoms with Crippen LogP contribution in [0.3, 0.4) is 0 Å². The molecule has 2 heterocycles. The Morgan fingerprint density at radius 3 is 2.62 bits per heavy atom. The molecule has 0 bridgehead atoms. The summed E-state index contributed by atoms with van der Waals surface area (Å²) in [4.78, 5) is 9.98. The Morgan fingerprint density at radius 2 is 2.00 bits per heavy atom. The van der Waals surface area contributed by atoms with Crippen molar-refractivity contribution in [3.05, 3.63) is 0 Å². The van der Waals surface area contributed by atoms with E-state index in [1.165, 1.54) is 51.6 Å². The van der Waals surface area contributed by atoms with E-state index >= 15 is 0 Å². The molecule has 0 aromatic heterocycles. The summed E-state index contributed by atoms with van der Waals surface area (Å²) >= 11 is 0. The third kappa shape index (κ3) is 7.06. The summed E-state index contributed by atoms with van der Waals surface area (Å²) in [5, 5.41) is 3.48. The summed E-state index contributed by atoms with van der Waals surface area (Å²) in [6.45, 7) is 16.0. The van der Waals surface area contributed by atoms with E-state index in [1.54, 1.807) is 0 Å². The second-order valence-corrected chi connectivity index (χ2v) is 8.16. The van der Waals surface area contributed by atoms with Crippen molar-refractivity contribution < 1.29 is 0 Å². The van der Waals surface area contributed by atoms with E-state index in [1.807, 2.05) is 0 Å². The number of halogens is 1. The van der Waals surface area contributed by atoms with E-state index in [9.17, 15) is 0 Å². The molecule has 1 N–H and O–H groups in total. The molecule has 2 fully saturated rings. The van der Waals surface area contributed by atoms with E-state index in [4.69, 9.17) is 4.99 Å². The van der Waals surface area contributed by atoms with Gasteiger partial charge < -0.3 is 15.1 Å². The van der Waals surface area contributed by atoms with Crippen LogP contribution in [0.15, 0.2) is 4.99 Å². The van der Waals surface area contributed by atoms with Gasteiger partial charge in [0.1, 0.15) is 0 Å². The van der Waals surface area contributed by atoms with E-state index in [2.05, 4.69) is 42.8 Å². The van der Waals surface area contributed by atoms with Gasteiger partial charge in [-0.1, -0.05) is 20.3 Å². The SMILES string of the molecule is CCNC(=NCCCCN1CCCCC1C)N1CCC(C)(C)C1.I. The first-order valence-electron chi connectivity index (χ1n) is 9.79. The van der Waals surface area contributed by atoms with Gasteiger partial charge in [0.2, 0.25) is 0 Å². The molecule has 142 valence electrons. The summed E-state index contributed by atoms with van der Waals surface area (Å²) in [5.74, 6) is 1.13. The van der Waals surface area contributed by atoms with Crippen LogP contribution < -0.4 is 5.32 Å². The summed E-state index contributed by atoms with van der Waals surface area (Å²) in [6, 6.07) is 0.788. The largest absolute Gasteiger partial charge is 0.357 e. The molecule has 2 aliphatic heterocycles. The normalized spacial score (nSPS) is 24.8. The lowest BCUT2D eigenvalue weighted by atomic mass is 9.93. The highest BCUT2D eigenvalue weighted by molar-refractivity contribution is 14.0. The molecule has 24 heavy (non-hydrogen) atoms. The first-order valence-corrected chi connectivity index (χ1v) is 9.79. The topological polar surface area (TPSA) is 30.9 Å². The maximum absolute atomic E-state index is 4.88. The van der Waals surface area contributed by atoms with E-state index < -0.39 is 0 Å². The Hall–Kier alpha value is -0.0400. The Kier molecular flexibility index (Phi) is 9.94. The zero-order chi connectivity index (χ0) is 16.7. The lowest BCUT2D eigenvalue weighted by molar-refractivity contribution is 0.158. The molecule has 2 aliphatic rings. The number of unbranched alkanes of at least 4 members (excludes halogenated alkanes) is 1. The molecule has 5 heteroatoms. The minimum absolute atomic E-state index is 0. The average molecular weight is 450 g/mol. The molecule has 0 aromatic rings. The fraction of sp³-hybridized carbons (Fsp3) is 0.947. The van der Waals surface area contributed by atoms with Crippen molar-refractivity contribution in [3.63, 3.8) is 0 Å². The molecule has 0 aliphatic carbocycles. The van der Waals surface area contributed by atoms with Crippen LogP contribution in [0.2, 0.25) is 0 Å². The number of nitrogens with one attached hydrogen (secondary N) is 1. The summed E-state index contributed by atoms with van der Waals surface area (Å²) in [5.41, 5.74) is 0.431.